The predicted molar refractivity (Wildman–Crippen MR) is 80.3 cm³/mol. The summed E-state index contributed by atoms with van der Waals surface area (Å²) in [6.45, 7) is 0.0579. The summed E-state index contributed by atoms with van der Waals surface area (Å²) in [7, 11) is 1.38. The first kappa shape index (κ1) is 15.4. The molecule has 2 rings (SSSR count). The number of ether oxygens (including phenoxy) is 2. The zero-order chi connectivity index (χ0) is 15.8. The maximum absolute atomic E-state index is 13.3. The van der Waals surface area contributed by atoms with E-state index in [9.17, 15) is 4.39 Å². The number of aliphatic imine (C=N–C) groups is 1. The van der Waals surface area contributed by atoms with Gasteiger partial charge in [-0.2, -0.15) is 5.10 Å². The molecule has 0 radical (unpaired) electrons. The molecule has 0 spiro atoms. The molecule has 2 N–H and O–H groups in total. The van der Waals surface area contributed by atoms with Crippen LogP contribution in [0.5, 0.6) is 11.8 Å². The van der Waals surface area contributed by atoms with Gasteiger partial charge in [-0.1, -0.05) is 0 Å². The van der Waals surface area contributed by atoms with Gasteiger partial charge in [-0.15, -0.1) is 0 Å². The van der Waals surface area contributed by atoms with Crippen molar-refractivity contribution in [2.75, 3.05) is 13.7 Å². The smallest absolute Gasteiger partial charge is 0.316 e. The van der Waals surface area contributed by atoms with E-state index in [1.165, 1.54) is 31.5 Å². The van der Waals surface area contributed by atoms with Crippen LogP contribution < -0.4 is 15.3 Å². The summed E-state index contributed by atoms with van der Waals surface area (Å²) in [5.41, 5.74) is 0.867. The van der Waals surface area contributed by atoms with E-state index in [0.29, 0.717) is 11.4 Å². The van der Waals surface area contributed by atoms with E-state index in [1.54, 1.807) is 18.5 Å². The molecule has 1 aromatic carbocycles. The van der Waals surface area contributed by atoms with Gasteiger partial charge in [0.05, 0.1) is 19.0 Å². The first-order valence-corrected chi connectivity index (χ1v) is 6.27. The highest BCUT2D eigenvalue weighted by molar-refractivity contribution is 6.31. The Labute approximate surface area is 126 Å². The second kappa shape index (κ2) is 7.67. The van der Waals surface area contributed by atoms with E-state index < -0.39 is 5.82 Å². The van der Waals surface area contributed by atoms with Gasteiger partial charge in [0, 0.05) is 18.5 Å². The van der Waals surface area contributed by atoms with Crippen LogP contribution in [0.15, 0.2) is 46.8 Å². The van der Waals surface area contributed by atoms with Crippen LogP contribution in [0.4, 0.5) is 10.1 Å². The summed E-state index contributed by atoms with van der Waals surface area (Å²) in [6, 6.07) is 6.11. The van der Waals surface area contributed by atoms with Crippen molar-refractivity contribution in [1.82, 2.24) is 9.97 Å². The van der Waals surface area contributed by atoms with E-state index in [-0.39, 0.29) is 18.4 Å². The number of benzene rings is 1. The third-order valence-corrected chi connectivity index (χ3v) is 2.55. The fourth-order valence-electron chi connectivity index (χ4n) is 1.48. The van der Waals surface area contributed by atoms with Gasteiger partial charge in [-0.05, 0) is 18.2 Å². The Morgan fingerprint density at radius 3 is 2.82 bits per heavy atom. The molecule has 0 bridgehead atoms. The Bertz CT molecular complexity index is 676. The first-order valence-electron chi connectivity index (χ1n) is 6.27. The van der Waals surface area contributed by atoms with Crippen molar-refractivity contribution in [3.63, 3.8) is 0 Å². The largest absolute Gasteiger partial charge is 0.494 e. The van der Waals surface area contributed by atoms with Gasteiger partial charge in [-0.3, -0.25) is 4.99 Å². The minimum absolute atomic E-state index is 0.0579. The van der Waals surface area contributed by atoms with Crippen molar-refractivity contribution in [3.8, 4) is 11.8 Å². The molecule has 0 amide bonds. The van der Waals surface area contributed by atoms with Crippen molar-refractivity contribution in [2.45, 2.75) is 0 Å². The lowest BCUT2D eigenvalue weighted by atomic mass is 10.3. The summed E-state index contributed by atoms with van der Waals surface area (Å²) in [5, 5.41) is 3.56. The Balaban J connectivity index is 2.01. The Kier molecular flexibility index (Phi) is 5.36. The standard InChI is InChI=1S/C14H14FN5O2/c1-21-13-7-10(3-4-12(13)15)19-8-11(20-16)9-22-14-17-5-2-6-18-14/h2-8H,9,16H2,1H3. The fraction of sp³-hybridized carbons (Fsp3) is 0.143. The maximum Gasteiger partial charge on any atom is 0.316 e. The lowest BCUT2D eigenvalue weighted by Gasteiger charge is -2.03. The lowest BCUT2D eigenvalue weighted by molar-refractivity contribution is 0.346. The van der Waals surface area contributed by atoms with Crippen LogP contribution in [0.3, 0.4) is 0 Å². The SMILES string of the molecule is COc1cc(N=CC(COc2ncccn2)=NN)ccc1F. The van der Waals surface area contributed by atoms with Crippen molar-refractivity contribution >= 4 is 17.6 Å². The number of halogens is 1. The first-order chi connectivity index (χ1) is 10.7. The van der Waals surface area contributed by atoms with Crippen LogP contribution in [-0.2, 0) is 0 Å². The van der Waals surface area contributed by atoms with Gasteiger partial charge < -0.3 is 15.3 Å². The highest BCUT2D eigenvalue weighted by Crippen LogP contribution is 2.23. The summed E-state index contributed by atoms with van der Waals surface area (Å²) < 4.78 is 23.5. The molecule has 0 fully saturated rings. The molecule has 114 valence electrons. The molecule has 0 unspecified atom stereocenters. The molecular weight excluding hydrogens is 289 g/mol. The fourth-order valence-corrected chi connectivity index (χ4v) is 1.48. The zero-order valence-electron chi connectivity index (χ0n) is 11.8. The highest BCUT2D eigenvalue weighted by atomic mass is 19.1. The van der Waals surface area contributed by atoms with Gasteiger partial charge >= 0.3 is 6.01 Å². The Morgan fingerprint density at radius 2 is 2.14 bits per heavy atom. The van der Waals surface area contributed by atoms with Crippen LogP contribution in [0.2, 0.25) is 0 Å². The number of methoxy groups -OCH3 is 1. The van der Waals surface area contributed by atoms with E-state index >= 15 is 0 Å². The molecule has 22 heavy (non-hydrogen) atoms. The number of hydrazone groups is 1. The molecule has 8 heteroatoms. The normalized spacial score (nSPS) is 11.6. The summed E-state index contributed by atoms with van der Waals surface area (Å²) in [4.78, 5) is 11.9. The minimum Gasteiger partial charge on any atom is -0.494 e. The average molecular weight is 303 g/mol. The van der Waals surface area contributed by atoms with E-state index in [0.717, 1.165) is 0 Å². The van der Waals surface area contributed by atoms with E-state index in [2.05, 4.69) is 20.1 Å². The summed E-state index contributed by atoms with van der Waals surface area (Å²) >= 11 is 0. The summed E-state index contributed by atoms with van der Waals surface area (Å²) in [6.07, 6.45) is 4.52. The Hall–Kier alpha value is -3.03. The second-order valence-corrected chi connectivity index (χ2v) is 4.02. The van der Waals surface area contributed by atoms with Gasteiger partial charge in [0.15, 0.2) is 11.6 Å². The van der Waals surface area contributed by atoms with Gasteiger partial charge in [0.2, 0.25) is 0 Å². The number of nitrogens with zero attached hydrogens (tertiary/aromatic N) is 4. The molecule has 0 saturated carbocycles. The number of nitrogens with two attached hydrogens (primary N) is 1. The van der Waals surface area contributed by atoms with Crippen LogP contribution in [-0.4, -0.2) is 35.6 Å². The van der Waals surface area contributed by atoms with Crippen LogP contribution >= 0.6 is 0 Å². The molecule has 0 atom stereocenters. The number of rotatable bonds is 6. The van der Waals surface area contributed by atoms with Gasteiger partial charge in [0.1, 0.15) is 12.3 Å². The van der Waals surface area contributed by atoms with Crippen molar-refractivity contribution in [2.24, 2.45) is 15.9 Å². The molecule has 1 aromatic heterocycles. The molecule has 0 aliphatic carbocycles. The zero-order valence-corrected chi connectivity index (χ0v) is 11.8. The van der Waals surface area contributed by atoms with Crippen molar-refractivity contribution in [1.29, 1.82) is 0 Å². The molecule has 1 heterocycles. The average Bonchev–Trinajstić information content (AvgIpc) is 2.57. The maximum atomic E-state index is 13.3. The van der Waals surface area contributed by atoms with Crippen LogP contribution in [0, 0.1) is 5.82 Å². The quantitative estimate of drug-likeness (QED) is 0.498. The van der Waals surface area contributed by atoms with E-state index in [1.807, 2.05) is 0 Å². The summed E-state index contributed by atoms with van der Waals surface area (Å²) in [5.74, 6) is 4.92. The minimum atomic E-state index is -0.460. The molecule has 0 aliphatic rings. The number of aromatic nitrogens is 2. The lowest BCUT2D eigenvalue weighted by Crippen LogP contribution is -2.15. The van der Waals surface area contributed by atoms with Crippen molar-refractivity contribution < 1.29 is 13.9 Å². The third kappa shape index (κ3) is 4.23. The molecule has 7 nitrogen and oxygen atoms in total. The van der Waals surface area contributed by atoms with Crippen LogP contribution in [0.1, 0.15) is 0 Å². The Morgan fingerprint density at radius 1 is 1.36 bits per heavy atom. The highest BCUT2D eigenvalue weighted by Gasteiger charge is 2.03. The van der Waals surface area contributed by atoms with Gasteiger partial charge in [0.25, 0.3) is 0 Å². The molecule has 2 aromatic rings. The van der Waals surface area contributed by atoms with Gasteiger partial charge in [-0.25, -0.2) is 14.4 Å². The monoisotopic (exact) mass is 303 g/mol. The molecule has 0 saturated heterocycles. The molecule has 0 aliphatic heterocycles. The topological polar surface area (TPSA) is 95.0 Å². The number of hydrogen-bond donors (Lipinski definition) is 1. The molecular formula is C14H14FN5O2. The van der Waals surface area contributed by atoms with Crippen molar-refractivity contribution in [3.05, 3.63) is 42.5 Å². The van der Waals surface area contributed by atoms with E-state index in [4.69, 9.17) is 15.3 Å². The third-order valence-electron chi connectivity index (χ3n) is 2.55. The van der Waals surface area contributed by atoms with Crippen LogP contribution in [0.25, 0.3) is 0 Å². The number of hydrogen-bond acceptors (Lipinski definition) is 7. The predicted octanol–water partition coefficient (Wildman–Crippen LogP) is 1.72. The second-order valence-electron chi connectivity index (χ2n) is 4.02.